The molecule has 0 bridgehead atoms. The van der Waals surface area contributed by atoms with Crippen molar-refractivity contribution in [3.05, 3.63) is 66.3 Å². The molecule has 9 nitrogen and oxygen atoms in total. The number of nitriles is 1. The van der Waals surface area contributed by atoms with Crippen LogP contribution in [-0.4, -0.2) is 34.5 Å². The molecule has 4 heterocycles. The Hall–Kier alpha value is -4.46. The second kappa shape index (κ2) is 7.10. The Labute approximate surface area is 173 Å². The molecule has 1 aromatic carbocycles. The van der Waals surface area contributed by atoms with Gasteiger partial charge in [0.05, 0.1) is 41.5 Å². The SMILES string of the molecule is C[C@H](Nc1ncnc2nc[nH]c12)c1nc2ccc(F)c(C#N)c2n1-c1cncc(F)c1. The van der Waals surface area contributed by atoms with E-state index in [2.05, 4.69) is 35.2 Å². The van der Waals surface area contributed by atoms with Gasteiger partial charge in [0.1, 0.15) is 40.9 Å². The molecule has 152 valence electrons. The zero-order chi connectivity index (χ0) is 21.5. The molecule has 0 amide bonds. The number of H-pyrrole nitrogens is 1. The number of rotatable bonds is 4. The first-order valence-electron chi connectivity index (χ1n) is 9.19. The maximum atomic E-state index is 14.4. The first kappa shape index (κ1) is 18.6. The lowest BCUT2D eigenvalue weighted by Crippen LogP contribution is -2.14. The van der Waals surface area contributed by atoms with Crippen LogP contribution >= 0.6 is 0 Å². The number of halogens is 2. The van der Waals surface area contributed by atoms with Gasteiger partial charge in [-0.3, -0.25) is 9.55 Å². The Bertz CT molecular complexity index is 1480. The number of nitrogens with one attached hydrogen (secondary N) is 2. The minimum absolute atomic E-state index is 0.189. The van der Waals surface area contributed by atoms with E-state index in [0.29, 0.717) is 34.0 Å². The van der Waals surface area contributed by atoms with Crippen molar-refractivity contribution < 1.29 is 8.78 Å². The zero-order valence-electron chi connectivity index (χ0n) is 16.0. The molecule has 0 aliphatic carbocycles. The first-order valence-corrected chi connectivity index (χ1v) is 9.19. The minimum Gasteiger partial charge on any atom is -0.358 e. The summed E-state index contributed by atoms with van der Waals surface area (Å²) in [7, 11) is 0. The van der Waals surface area contributed by atoms with Crippen LogP contribution in [0, 0.1) is 23.0 Å². The first-order chi connectivity index (χ1) is 15.1. The number of aromatic nitrogens is 7. The summed E-state index contributed by atoms with van der Waals surface area (Å²) in [6.07, 6.45) is 5.36. The highest BCUT2D eigenvalue weighted by Gasteiger charge is 2.23. The summed E-state index contributed by atoms with van der Waals surface area (Å²) in [4.78, 5) is 23.9. The fraction of sp³-hybridized carbons (Fsp3) is 0.100. The second-order valence-electron chi connectivity index (χ2n) is 6.76. The molecule has 0 aliphatic rings. The Morgan fingerprint density at radius 3 is 2.87 bits per heavy atom. The number of imidazole rings is 2. The molecule has 4 aromatic heterocycles. The van der Waals surface area contributed by atoms with Crippen molar-refractivity contribution >= 4 is 28.0 Å². The van der Waals surface area contributed by atoms with Crippen LogP contribution in [0.4, 0.5) is 14.6 Å². The van der Waals surface area contributed by atoms with E-state index in [4.69, 9.17) is 0 Å². The van der Waals surface area contributed by atoms with E-state index < -0.39 is 17.7 Å². The van der Waals surface area contributed by atoms with Crippen molar-refractivity contribution in [2.45, 2.75) is 13.0 Å². The van der Waals surface area contributed by atoms with Crippen LogP contribution < -0.4 is 5.32 Å². The van der Waals surface area contributed by atoms with Crippen molar-refractivity contribution in [1.29, 1.82) is 5.26 Å². The topological polar surface area (TPSA) is 121 Å². The highest BCUT2D eigenvalue weighted by Crippen LogP contribution is 2.30. The molecule has 0 aliphatic heterocycles. The zero-order valence-corrected chi connectivity index (χ0v) is 16.0. The van der Waals surface area contributed by atoms with E-state index in [1.165, 1.54) is 41.6 Å². The van der Waals surface area contributed by atoms with E-state index in [0.717, 1.165) is 6.20 Å². The van der Waals surface area contributed by atoms with Gasteiger partial charge in [-0.1, -0.05) is 0 Å². The van der Waals surface area contributed by atoms with Crippen LogP contribution in [0.5, 0.6) is 0 Å². The maximum Gasteiger partial charge on any atom is 0.182 e. The predicted octanol–water partition coefficient (Wildman–Crippen LogP) is 3.41. The third-order valence-corrected chi connectivity index (χ3v) is 4.82. The molecule has 0 radical (unpaired) electrons. The summed E-state index contributed by atoms with van der Waals surface area (Å²) >= 11 is 0. The van der Waals surface area contributed by atoms with Crippen molar-refractivity contribution in [2.24, 2.45) is 0 Å². The lowest BCUT2D eigenvalue weighted by molar-refractivity contribution is 0.618. The molecule has 0 unspecified atom stereocenters. The van der Waals surface area contributed by atoms with E-state index >= 15 is 0 Å². The van der Waals surface area contributed by atoms with Gasteiger partial charge in [-0.25, -0.2) is 28.7 Å². The normalized spacial score (nSPS) is 12.2. The van der Waals surface area contributed by atoms with E-state index in [1.54, 1.807) is 0 Å². The van der Waals surface area contributed by atoms with Crippen LogP contribution in [0.15, 0.2) is 43.2 Å². The van der Waals surface area contributed by atoms with Crippen LogP contribution in [-0.2, 0) is 0 Å². The number of aromatic amines is 1. The van der Waals surface area contributed by atoms with Gasteiger partial charge in [-0.15, -0.1) is 0 Å². The van der Waals surface area contributed by atoms with Gasteiger partial charge >= 0.3 is 0 Å². The molecule has 0 saturated heterocycles. The number of anilines is 1. The van der Waals surface area contributed by atoms with Crippen molar-refractivity contribution in [3.8, 4) is 11.8 Å². The van der Waals surface area contributed by atoms with Crippen LogP contribution in [0.2, 0.25) is 0 Å². The third kappa shape index (κ3) is 3.01. The highest BCUT2D eigenvalue weighted by atomic mass is 19.1. The summed E-state index contributed by atoms with van der Waals surface area (Å²) in [5.74, 6) is -0.369. The predicted molar refractivity (Wildman–Crippen MR) is 107 cm³/mol. The van der Waals surface area contributed by atoms with Crippen LogP contribution in [0.25, 0.3) is 27.9 Å². The van der Waals surface area contributed by atoms with Crippen LogP contribution in [0.3, 0.4) is 0 Å². The summed E-state index contributed by atoms with van der Waals surface area (Å²) in [5.41, 5.74) is 1.83. The smallest absolute Gasteiger partial charge is 0.182 e. The number of nitrogens with zero attached hydrogens (tertiary/aromatic N) is 7. The largest absolute Gasteiger partial charge is 0.358 e. The molecule has 5 rings (SSSR count). The van der Waals surface area contributed by atoms with Crippen molar-refractivity contribution in [3.63, 3.8) is 0 Å². The van der Waals surface area contributed by atoms with Crippen molar-refractivity contribution in [2.75, 3.05) is 5.32 Å². The quantitative estimate of drug-likeness (QED) is 0.460. The van der Waals surface area contributed by atoms with E-state index in [1.807, 2.05) is 13.0 Å². The number of pyridine rings is 1. The molecule has 0 fully saturated rings. The number of benzene rings is 1. The standard InChI is InChI=1S/C20H13F2N9/c1-10(29-19-16-18(26-8-25-16)27-9-28-19)20-30-15-3-2-14(22)13(5-23)17(15)31(20)12-4-11(21)6-24-7-12/h2-4,6-10H,1H3,(H2,25,26,27,28,29)/t10-/m0/s1. The molecule has 11 heteroatoms. The van der Waals surface area contributed by atoms with Gasteiger partial charge in [0.25, 0.3) is 0 Å². The second-order valence-corrected chi connectivity index (χ2v) is 6.76. The fourth-order valence-electron chi connectivity index (χ4n) is 3.49. The Morgan fingerprint density at radius 2 is 2.06 bits per heavy atom. The fourth-order valence-corrected chi connectivity index (χ4v) is 3.49. The van der Waals surface area contributed by atoms with Gasteiger partial charge < -0.3 is 10.3 Å². The number of fused-ring (bicyclic) bond motifs is 2. The molecular weight excluding hydrogens is 404 g/mol. The maximum absolute atomic E-state index is 14.4. The molecular formula is C20H13F2N9. The third-order valence-electron chi connectivity index (χ3n) is 4.82. The van der Waals surface area contributed by atoms with Gasteiger partial charge in [-0.05, 0) is 19.1 Å². The summed E-state index contributed by atoms with van der Waals surface area (Å²) < 4.78 is 29.9. The van der Waals surface area contributed by atoms with Gasteiger partial charge in [0, 0.05) is 6.07 Å². The Balaban J connectivity index is 1.72. The minimum atomic E-state index is -0.692. The molecule has 5 aromatic rings. The molecule has 1 atom stereocenters. The van der Waals surface area contributed by atoms with Gasteiger partial charge in [0.15, 0.2) is 11.5 Å². The van der Waals surface area contributed by atoms with E-state index in [9.17, 15) is 14.0 Å². The lowest BCUT2D eigenvalue weighted by Gasteiger charge is -2.17. The molecule has 0 spiro atoms. The average Bonchev–Trinajstić information content (AvgIpc) is 3.39. The molecule has 2 N–H and O–H groups in total. The Kier molecular flexibility index (Phi) is 4.25. The van der Waals surface area contributed by atoms with Crippen molar-refractivity contribution in [1.82, 2.24) is 34.5 Å². The lowest BCUT2D eigenvalue weighted by atomic mass is 10.2. The molecule has 0 saturated carbocycles. The average molecular weight is 417 g/mol. The monoisotopic (exact) mass is 417 g/mol. The Morgan fingerprint density at radius 1 is 1.19 bits per heavy atom. The number of hydrogen-bond donors (Lipinski definition) is 2. The number of hydrogen-bond acceptors (Lipinski definition) is 7. The van der Waals surface area contributed by atoms with Gasteiger partial charge in [-0.2, -0.15) is 5.26 Å². The summed E-state index contributed by atoms with van der Waals surface area (Å²) in [6, 6.07) is 5.30. The van der Waals surface area contributed by atoms with Crippen LogP contribution in [0.1, 0.15) is 24.4 Å². The van der Waals surface area contributed by atoms with Gasteiger partial charge in [0.2, 0.25) is 0 Å². The molecule has 31 heavy (non-hydrogen) atoms. The summed E-state index contributed by atoms with van der Waals surface area (Å²) in [6.45, 7) is 1.82. The highest BCUT2D eigenvalue weighted by molar-refractivity contribution is 5.85. The summed E-state index contributed by atoms with van der Waals surface area (Å²) in [5, 5.41) is 12.8. The van der Waals surface area contributed by atoms with E-state index in [-0.39, 0.29) is 11.1 Å².